The zero-order chi connectivity index (χ0) is 23.6. The Morgan fingerprint density at radius 3 is 2.39 bits per heavy atom. The fraction of sp³-hybridized carbons (Fsp3) is 0.692. The average Bonchev–Trinajstić information content (AvgIpc) is 2.94. The topological polar surface area (TPSA) is 224 Å². The second kappa shape index (κ2) is 9.90. The second-order valence-corrected chi connectivity index (χ2v) is 11.1. The average molecular weight is 508 g/mol. The first-order valence-corrected chi connectivity index (χ1v) is 13.4. The van der Waals surface area contributed by atoms with Gasteiger partial charge in [0.25, 0.3) is 5.56 Å². The van der Waals surface area contributed by atoms with Crippen molar-refractivity contribution in [3.8, 4) is 0 Å². The summed E-state index contributed by atoms with van der Waals surface area (Å²) < 4.78 is 53.5. The van der Waals surface area contributed by atoms with Crippen molar-refractivity contribution in [2.75, 3.05) is 0 Å². The molecule has 178 valence electrons. The predicted octanol–water partition coefficient (Wildman–Crippen LogP) is 1.03. The van der Waals surface area contributed by atoms with Gasteiger partial charge in [0.15, 0.2) is 6.23 Å². The SMILES string of the molecule is CCCC[C@@H]1CC(OP(=O)(O)OP(=O)(O)OP(=O)(O)O)[C@H](n2cc(C)c(=O)[nH]c2=O)O1. The van der Waals surface area contributed by atoms with Gasteiger partial charge < -0.3 is 24.3 Å². The van der Waals surface area contributed by atoms with E-state index in [4.69, 9.17) is 19.0 Å². The molecule has 2 rings (SSSR count). The lowest BCUT2D eigenvalue weighted by Crippen LogP contribution is -2.36. The maximum atomic E-state index is 12.2. The lowest BCUT2D eigenvalue weighted by Gasteiger charge is -2.23. The van der Waals surface area contributed by atoms with E-state index in [-0.39, 0.29) is 12.0 Å². The molecule has 1 aliphatic heterocycles. The molecule has 0 aliphatic carbocycles. The van der Waals surface area contributed by atoms with Gasteiger partial charge in [-0.1, -0.05) is 19.8 Å². The van der Waals surface area contributed by atoms with E-state index in [2.05, 4.69) is 13.6 Å². The summed E-state index contributed by atoms with van der Waals surface area (Å²) >= 11 is 0. The van der Waals surface area contributed by atoms with Gasteiger partial charge in [0.1, 0.15) is 6.10 Å². The number of phosphoric ester groups is 1. The molecular formula is C13H23N2O13P3. The fourth-order valence-electron chi connectivity index (χ4n) is 2.92. The Kier molecular flexibility index (Phi) is 8.40. The van der Waals surface area contributed by atoms with E-state index in [0.717, 1.165) is 23.6 Å². The molecule has 1 aromatic heterocycles. The number of ether oxygens (including phenoxy) is 1. The number of H-pyrrole nitrogens is 1. The number of unbranched alkanes of at least 4 members (excludes halogenated alkanes) is 1. The van der Waals surface area contributed by atoms with Gasteiger partial charge >= 0.3 is 29.2 Å². The van der Waals surface area contributed by atoms with E-state index in [1.165, 1.54) is 6.92 Å². The minimum Gasteiger partial charge on any atom is -0.352 e. The molecule has 18 heteroatoms. The van der Waals surface area contributed by atoms with Crippen LogP contribution in [0.4, 0.5) is 0 Å². The highest BCUT2D eigenvalue weighted by Crippen LogP contribution is 2.67. The van der Waals surface area contributed by atoms with E-state index in [0.29, 0.717) is 6.42 Å². The van der Waals surface area contributed by atoms with Crippen LogP contribution in [0.2, 0.25) is 0 Å². The van der Waals surface area contributed by atoms with Crippen molar-refractivity contribution in [2.24, 2.45) is 0 Å². The van der Waals surface area contributed by atoms with Crippen molar-refractivity contribution in [1.82, 2.24) is 9.55 Å². The molecule has 0 saturated carbocycles. The molecule has 0 radical (unpaired) electrons. The van der Waals surface area contributed by atoms with Crippen LogP contribution in [0.15, 0.2) is 15.8 Å². The third-order valence-corrected chi connectivity index (χ3v) is 7.99. The first-order chi connectivity index (χ1) is 14.1. The Bertz CT molecular complexity index is 1050. The normalized spacial score (nSPS) is 25.8. The molecule has 0 aromatic carbocycles. The first-order valence-electron chi connectivity index (χ1n) is 8.92. The van der Waals surface area contributed by atoms with Crippen LogP contribution in [0, 0.1) is 6.92 Å². The summed E-state index contributed by atoms with van der Waals surface area (Å²) in [4.78, 5) is 62.2. The van der Waals surface area contributed by atoms with E-state index >= 15 is 0 Å². The smallest absolute Gasteiger partial charge is 0.352 e. The van der Waals surface area contributed by atoms with Crippen LogP contribution in [-0.4, -0.2) is 41.3 Å². The largest absolute Gasteiger partial charge is 0.490 e. The Morgan fingerprint density at radius 2 is 1.81 bits per heavy atom. The lowest BCUT2D eigenvalue weighted by atomic mass is 10.1. The van der Waals surface area contributed by atoms with Crippen molar-refractivity contribution in [2.45, 2.75) is 58.0 Å². The molecule has 15 nitrogen and oxygen atoms in total. The van der Waals surface area contributed by atoms with Crippen molar-refractivity contribution in [3.63, 3.8) is 0 Å². The van der Waals surface area contributed by atoms with E-state index in [1.54, 1.807) is 0 Å². The van der Waals surface area contributed by atoms with Gasteiger partial charge in [-0.15, -0.1) is 0 Å². The Labute approximate surface area is 175 Å². The summed E-state index contributed by atoms with van der Waals surface area (Å²) in [5, 5.41) is 0. The maximum Gasteiger partial charge on any atom is 0.490 e. The van der Waals surface area contributed by atoms with Crippen LogP contribution in [-0.2, 0) is 31.6 Å². The summed E-state index contributed by atoms with van der Waals surface area (Å²) in [6.45, 7) is 3.33. The van der Waals surface area contributed by atoms with Gasteiger partial charge in [-0.2, -0.15) is 8.62 Å². The van der Waals surface area contributed by atoms with E-state index in [9.17, 15) is 33.1 Å². The molecule has 3 unspecified atom stereocenters. The highest BCUT2D eigenvalue weighted by Gasteiger charge is 2.46. The quantitative estimate of drug-likeness (QED) is 0.279. The minimum absolute atomic E-state index is 0.0295. The van der Waals surface area contributed by atoms with Crippen molar-refractivity contribution >= 4 is 23.5 Å². The summed E-state index contributed by atoms with van der Waals surface area (Å²) in [6, 6.07) is 0. The highest BCUT2D eigenvalue weighted by atomic mass is 31.3. The molecule has 1 saturated heterocycles. The Morgan fingerprint density at radius 1 is 1.16 bits per heavy atom. The van der Waals surface area contributed by atoms with Crippen molar-refractivity contribution < 1.29 is 51.2 Å². The fourth-order valence-corrected chi connectivity index (χ4v) is 6.11. The third kappa shape index (κ3) is 7.85. The molecule has 1 aromatic rings. The predicted molar refractivity (Wildman–Crippen MR) is 103 cm³/mol. The lowest BCUT2D eigenvalue weighted by molar-refractivity contribution is -0.0411. The van der Waals surface area contributed by atoms with Crippen LogP contribution in [0.1, 0.15) is 44.4 Å². The molecule has 5 atom stereocenters. The number of phosphoric acid groups is 3. The number of hydrogen-bond acceptors (Lipinski definition) is 9. The number of rotatable bonds is 10. The number of aromatic nitrogens is 2. The Balaban J connectivity index is 2.30. The van der Waals surface area contributed by atoms with Gasteiger partial charge in [0, 0.05) is 18.2 Å². The summed E-state index contributed by atoms with van der Waals surface area (Å²) in [7, 11) is -16.7. The van der Waals surface area contributed by atoms with Crippen LogP contribution in [0.25, 0.3) is 0 Å². The molecule has 2 heterocycles. The van der Waals surface area contributed by atoms with Crippen LogP contribution >= 0.6 is 23.5 Å². The summed E-state index contributed by atoms with van der Waals surface area (Å²) in [5.74, 6) is 0. The molecule has 0 amide bonds. The molecule has 31 heavy (non-hydrogen) atoms. The minimum atomic E-state index is -5.70. The van der Waals surface area contributed by atoms with Gasteiger partial charge in [0.2, 0.25) is 0 Å². The van der Waals surface area contributed by atoms with E-state index in [1.807, 2.05) is 6.92 Å². The van der Waals surface area contributed by atoms with Gasteiger partial charge in [-0.25, -0.2) is 18.5 Å². The van der Waals surface area contributed by atoms with Crippen molar-refractivity contribution in [3.05, 3.63) is 32.6 Å². The highest BCUT2D eigenvalue weighted by molar-refractivity contribution is 7.66. The number of nitrogens with one attached hydrogen (secondary N) is 1. The van der Waals surface area contributed by atoms with Gasteiger partial charge in [-0.05, 0) is 13.3 Å². The number of hydrogen-bond donors (Lipinski definition) is 5. The van der Waals surface area contributed by atoms with Crippen molar-refractivity contribution in [1.29, 1.82) is 0 Å². The third-order valence-electron chi connectivity index (χ3n) is 4.13. The number of nitrogens with zero attached hydrogens (tertiary/aromatic N) is 1. The monoisotopic (exact) mass is 508 g/mol. The van der Waals surface area contributed by atoms with Gasteiger partial charge in [-0.3, -0.25) is 18.9 Å². The maximum absolute atomic E-state index is 12.2. The summed E-state index contributed by atoms with van der Waals surface area (Å²) in [6.07, 6.45) is -0.0475. The van der Waals surface area contributed by atoms with Crippen LogP contribution in [0.5, 0.6) is 0 Å². The van der Waals surface area contributed by atoms with Gasteiger partial charge in [0.05, 0.1) is 6.10 Å². The molecular weight excluding hydrogens is 485 g/mol. The molecule has 1 fully saturated rings. The molecule has 5 N–H and O–H groups in total. The summed E-state index contributed by atoms with van der Waals surface area (Å²) in [5.41, 5.74) is -1.40. The Hall–Kier alpha value is -0.950. The molecule has 0 bridgehead atoms. The second-order valence-electron chi connectivity index (χ2n) is 6.74. The zero-order valence-corrected chi connectivity index (χ0v) is 19.1. The van der Waals surface area contributed by atoms with Crippen LogP contribution < -0.4 is 11.2 Å². The molecule has 1 aliphatic rings. The van der Waals surface area contributed by atoms with E-state index < -0.39 is 53.2 Å². The van der Waals surface area contributed by atoms with Crippen LogP contribution in [0.3, 0.4) is 0 Å². The number of aryl methyl sites for hydroxylation is 1. The zero-order valence-electron chi connectivity index (χ0n) is 16.4. The number of aromatic amines is 1. The molecule has 0 spiro atoms. The standard InChI is InChI=1S/C13H23N2O13P3/c1-3-4-5-9-6-10(12(25-9)15-7-8(2)11(16)14-13(15)17)26-30(21,22)28-31(23,24)27-29(18,19)20/h7,9-10,12H,3-6H2,1-2H3,(H,21,22)(H,23,24)(H,14,16,17)(H2,18,19,20)/t9-,10?,12-/m1/s1. The first kappa shape index (κ1) is 26.3.